The van der Waals surface area contributed by atoms with Crippen LogP contribution in [0.15, 0.2) is 16.7 Å². The molecule has 0 spiro atoms. The Bertz CT molecular complexity index is 327. The number of furan rings is 1. The van der Waals surface area contributed by atoms with Crippen molar-refractivity contribution in [3.63, 3.8) is 0 Å². The van der Waals surface area contributed by atoms with Gasteiger partial charge in [0.15, 0.2) is 0 Å². The maximum absolute atomic E-state index is 11.1. The van der Waals surface area contributed by atoms with Crippen molar-refractivity contribution in [3.05, 3.63) is 23.7 Å². The van der Waals surface area contributed by atoms with E-state index in [1.54, 1.807) is 17.8 Å². The Labute approximate surface area is 92.5 Å². The molecule has 1 heterocycles. The largest absolute Gasteiger partial charge is 0.468 e. The summed E-state index contributed by atoms with van der Waals surface area (Å²) in [6, 6.07) is 1.68. The van der Waals surface area contributed by atoms with Gasteiger partial charge in [0.05, 0.1) is 11.3 Å². The Morgan fingerprint density at radius 3 is 3.07 bits per heavy atom. The van der Waals surface area contributed by atoms with Gasteiger partial charge in [-0.25, -0.2) is 5.84 Å². The number of nitrogen functional groups attached to an aromatic ring is 1. The van der Waals surface area contributed by atoms with Gasteiger partial charge in [0.1, 0.15) is 12.0 Å². The van der Waals surface area contributed by atoms with E-state index < -0.39 is 0 Å². The molecule has 1 aromatic heterocycles. The molecule has 1 rings (SSSR count). The van der Waals surface area contributed by atoms with E-state index >= 15 is 0 Å². The lowest BCUT2D eigenvalue weighted by molar-refractivity contribution is 0.0953. The standard InChI is InChI=1S/C9H15N3O2S/c1-6(3-10)15-5-8-2-7(4-14-8)9(13)12-11/h2,4,6H,3,5,10-11H2,1H3,(H,12,13). The number of hydrogen-bond donors (Lipinski definition) is 3. The SMILES string of the molecule is CC(CN)SCc1cc(C(=O)NN)co1. The van der Waals surface area contributed by atoms with Crippen molar-refractivity contribution in [1.29, 1.82) is 0 Å². The summed E-state index contributed by atoms with van der Waals surface area (Å²) >= 11 is 1.68. The molecule has 5 nitrogen and oxygen atoms in total. The van der Waals surface area contributed by atoms with Crippen molar-refractivity contribution >= 4 is 17.7 Å². The van der Waals surface area contributed by atoms with E-state index in [0.717, 1.165) is 5.76 Å². The molecule has 5 N–H and O–H groups in total. The van der Waals surface area contributed by atoms with Crippen LogP contribution in [0.2, 0.25) is 0 Å². The highest BCUT2D eigenvalue weighted by Crippen LogP contribution is 2.18. The minimum Gasteiger partial charge on any atom is -0.468 e. The van der Waals surface area contributed by atoms with Crippen molar-refractivity contribution in [2.75, 3.05) is 6.54 Å². The first kappa shape index (κ1) is 12.1. The monoisotopic (exact) mass is 229 g/mol. The predicted octanol–water partition coefficient (Wildman–Crippen LogP) is 0.464. The van der Waals surface area contributed by atoms with Crippen LogP contribution in [-0.4, -0.2) is 17.7 Å². The van der Waals surface area contributed by atoms with Crippen molar-refractivity contribution in [1.82, 2.24) is 5.43 Å². The van der Waals surface area contributed by atoms with Gasteiger partial charge in [-0.05, 0) is 6.07 Å². The zero-order chi connectivity index (χ0) is 11.3. The molecule has 1 amide bonds. The highest BCUT2D eigenvalue weighted by molar-refractivity contribution is 7.99. The summed E-state index contributed by atoms with van der Waals surface area (Å²) in [5.41, 5.74) is 7.96. The minimum absolute atomic E-state index is 0.345. The second kappa shape index (κ2) is 5.79. The summed E-state index contributed by atoms with van der Waals surface area (Å²) < 4.78 is 5.20. The molecule has 0 aliphatic carbocycles. The molecule has 0 saturated carbocycles. The Hall–Kier alpha value is -0.980. The van der Waals surface area contributed by atoms with Crippen LogP contribution < -0.4 is 17.0 Å². The highest BCUT2D eigenvalue weighted by atomic mass is 32.2. The van der Waals surface area contributed by atoms with E-state index in [1.165, 1.54) is 6.26 Å². The fourth-order valence-corrected chi connectivity index (χ4v) is 1.69. The average molecular weight is 229 g/mol. The molecule has 0 bridgehead atoms. The summed E-state index contributed by atoms with van der Waals surface area (Å²) in [7, 11) is 0. The Morgan fingerprint density at radius 1 is 1.73 bits per heavy atom. The van der Waals surface area contributed by atoms with E-state index in [9.17, 15) is 4.79 Å². The summed E-state index contributed by atoms with van der Waals surface area (Å²) in [5.74, 6) is 6.10. The van der Waals surface area contributed by atoms with Gasteiger partial charge in [-0.3, -0.25) is 10.2 Å². The first-order valence-electron chi connectivity index (χ1n) is 4.57. The Morgan fingerprint density at radius 2 is 2.47 bits per heavy atom. The Balaban J connectivity index is 2.49. The van der Waals surface area contributed by atoms with Crippen LogP contribution >= 0.6 is 11.8 Å². The second-order valence-corrected chi connectivity index (χ2v) is 4.56. The number of hydrazine groups is 1. The molecule has 84 valence electrons. The fourth-order valence-electron chi connectivity index (χ4n) is 0.951. The van der Waals surface area contributed by atoms with Crippen LogP contribution in [-0.2, 0) is 5.75 Å². The van der Waals surface area contributed by atoms with Gasteiger partial charge in [0.25, 0.3) is 5.91 Å². The molecule has 0 saturated heterocycles. The normalized spacial score (nSPS) is 12.5. The van der Waals surface area contributed by atoms with Crippen LogP contribution in [0.5, 0.6) is 0 Å². The predicted molar refractivity (Wildman–Crippen MR) is 60.2 cm³/mol. The maximum atomic E-state index is 11.1. The number of carbonyl (C=O) groups excluding carboxylic acids is 1. The maximum Gasteiger partial charge on any atom is 0.268 e. The summed E-state index contributed by atoms with van der Waals surface area (Å²) in [5, 5.41) is 0.377. The van der Waals surface area contributed by atoms with Gasteiger partial charge < -0.3 is 10.2 Å². The van der Waals surface area contributed by atoms with E-state index in [0.29, 0.717) is 23.1 Å². The molecule has 0 fully saturated rings. The van der Waals surface area contributed by atoms with Crippen LogP contribution in [0.1, 0.15) is 23.0 Å². The zero-order valence-electron chi connectivity index (χ0n) is 8.53. The van der Waals surface area contributed by atoms with Crippen LogP contribution in [0.25, 0.3) is 0 Å². The highest BCUT2D eigenvalue weighted by Gasteiger charge is 2.09. The van der Waals surface area contributed by atoms with Gasteiger partial charge in [-0.15, -0.1) is 11.8 Å². The van der Waals surface area contributed by atoms with Gasteiger partial charge >= 0.3 is 0 Å². The lowest BCUT2D eigenvalue weighted by atomic mass is 10.3. The molecule has 0 aliphatic heterocycles. The molecule has 1 unspecified atom stereocenters. The Kier molecular flexibility index (Phi) is 4.67. The third-order valence-electron chi connectivity index (χ3n) is 1.89. The number of rotatable bonds is 5. The van der Waals surface area contributed by atoms with E-state index in [2.05, 4.69) is 0 Å². The van der Waals surface area contributed by atoms with Crippen molar-refractivity contribution < 1.29 is 9.21 Å². The molecule has 0 radical (unpaired) electrons. The number of amides is 1. The molecular weight excluding hydrogens is 214 g/mol. The zero-order valence-corrected chi connectivity index (χ0v) is 9.34. The lowest BCUT2D eigenvalue weighted by Crippen LogP contribution is -2.29. The van der Waals surface area contributed by atoms with Gasteiger partial charge in [0, 0.05) is 11.8 Å². The minimum atomic E-state index is -0.345. The van der Waals surface area contributed by atoms with Crippen molar-refractivity contribution in [2.45, 2.75) is 17.9 Å². The third kappa shape index (κ3) is 3.58. The first-order valence-corrected chi connectivity index (χ1v) is 5.62. The lowest BCUT2D eigenvalue weighted by Gasteiger charge is -2.05. The average Bonchev–Trinajstić information content (AvgIpc) is 2.73. The van der Waals surface area contributed by atoms with Crippen molar-refractivity contribution in [2.24, 2.45) is 11.6 Å². The number of nitrogens with one attached hydrogen (secondary N) is 1. The molecule has 0 aromatic carbocycles. The summed E-state index contributed by atoms with van der Waals surface area (Å²) in [6.45, 7) is 2.67. The summed E-state index contributed by atoms with van der Waals surface area (Å²) in [6.07, 6.45) is 1.39. The van der Waals surface area contributed by atoms with E-state index in [4.69, 9.17) is 16.0 Å². The van der Waals surface area contributed by atoms with E-state index in [1.807, 2.05) is 12.3 Å². The van der Waals surface area contributed by atoms with Crippen LogP contribution in [0.3, 0.4) is 0 Å². The number of thioether (sulfide) groups is 1. The molecular formula is C9H15N3O2S. The molecule has 1 atom stereocenters. The smallest absolute Gasteiger partial charge is 0.268 e. The molecule has 1 aromatic rings. The topological polar surface area (TPSA) is 94.3 Å². The molecule has 0 aliphatic rings. The summed E-state index contributed by atoms with van der Waals surface area (Å²) in [4.78, 5) is 11.1. The third-order valence-corrected chi connectivity index (χ3v) is 3.10. The number of carbonyl (C=O) groups is 1. The van der Waals surface area contributed by atoms with Gasteiger partial charge in [-0.2, -0.15) is 0 Å². The second-order valence-electron chi connectivity index (χ2n) is 3.13. The number of nitrogens with two attached hydrogens (primary N) is 2. The van der Waals surface area contributed by atoms with Crippen LogP contribution in [0, 0.1) is 0 Å². The number of hydrogen-bond acceptors (Lipinski definition) is 5. The quantitative estimate of drug-likeness (QED) is 0.387. The van der Waals surface area contributed by atoms with Crippen molar-refractivity contribution in [3.8, 4) is 0 Å². The first-order chi connectivity index (χ1) is 7.17. The molecule has 15 heavy (non-hydrogen) atoms. The van der Waals surface area contributed by atoms with Crippen LogP contribution in [0.4, 0.5) is 0 Å². The fraction of sp³-hybridized carbons (Fsp3) is 0.444. The van der Waals surface area contributed by atoms with E-state index in [-0.39, 0.29) is 5.91 Å². The van der Waals surface area contributed by atoms with Gasteiger partial charge in [-0.1, -0.05) is 6.92 Å². The molecule has 6 heteroatoms. The van der Waals surface area contributed by atoms with Gasteiger partial charge in [0.2, 0.25) is 0 Å².